The molecule has 21 heavy (non-hydrogen) atoms. The lowest BCUT2D eigenvalue weighted by Crippen LogP contribution is -2.10. The van der Waals surface area contributed by atoms with Gasteiger partial charge in [-0.15, -0.1) is 11.3 Å². The number of carbonyl (C=O) groups is 1. The summed E-state index contributed by atoms with van der Waals surface area (Å²) < 4.78 is 38.2. The van der Waals surface area contributed by atoms with Gasteiger partial charge in [0, 0.05) is 18.1 Å². The van der Waals surface area contributed by atoms with E-state index in [0.717, 1.165) is 17.3 Å². The molecule has 3 nitrogen and oxygen atoms in total. The number of thiazole rings is 1. The van der Waals surface area contributed by atoms with Gasteiger partial charge in [-0.1, -0.05) is 18.5 Å². The van der Waals surface area contributed by atoms with E-state index in [9.17, 15) is 18.0 Å². The summed E-state index contributed by atoms with van der Waals surface area (Å²) in [5.41, 5.74) is -0.955. The molecule has 0 unspecified atom stereocenters. The number of ketones is 1. The summed E-state index contributed by atoms with van der Waals surface area (Å²) in [6, 6.07) is 0.808. The first-order valence-corrected chi connectivity index (χ1v) is 7.20. The second kappa shape index (κ2) is 6.11. The molecule has 0 radical (unpaired) electrons. The zero-order chi connectivity index (χ0) is 15.6. The van der Waals surface area contributed by atoms with Crippen LogP contribution in [0.25, 0.3) is 0 Å². The number of aromatic nitrogens is 2. The van der Waals surface area contributed by atoms with Gasteiger partial charge in [-0.3, -0.25) is 9.78 Å². The normalized spacial score (nSPS) is 11.7. The first kappa shape index (κ1) is 15.9. The van der Waals surface area contributed by atoms with E-state index < -0.39 is 16.8 Å². The van der Waals surface area contributed by atoms with E-state index >= 15 is 0 Å². The minimum atomic E-state index is -4.57. The zero-order valence-corrected chi connectivity index (χ0v) is 12.4. The van der Waals surface area contributed by atoms with Crippen molar-refractivity contribution >= 4 is 28.7 Å². The molecule has 0 aliphatic rings. The Morgan fingerprint density at radius 3 is 2.62 bits per heavy atom. The van der Waals surface area contributed by atoms with E-state index in [4.69, 9.17) is 11.6 Å². The Balaban J connectivity index is 2.21. The molecule has 0 bridgehead atoms. The molecule has 0 saturated carbocycles. The fraction of sp³-hybridized carbons (Fsp3) is 0.308. The van der Waals surface area contributed by atoms with Crippen molar-refractivity contribution in [2.24, 2.45) is 0 Å². The highest BCUT2D eigenvalue weighted by Crippen LogP contribution is 2.34. The summed E-state index contributed by atoms with van der Waals surface area (Å²) in [5, 5.41) is 0.322. The monoisotopic (exact) mass is 334 g/mol. The minimum absolute atomic E-state index is 0.0307. The predicted octanol–water partition coefficient (Wildman–Crippen LogP) is 4.20. The molecule has 8 heteroatoms. The average Bonchev–Trinajstić information content (AvgIpc) is 2.88. The number of hydrogen-bond acceptors (Lipinski definition) is 4. The summed E-state index contributed by atoms with van der Waals surface area (Å²) in [6.07, 6.45) is -1.73. The van der Waals surface area contributed by atoms with E-state index in [0.29, 0.717) is 11.3 Å². The van der Waals surface area contributed by atoms with Gasteiger partial charge in [-0.25, -0.2) is 4.98 Å². The summed E-state index contributed by atoms with van der Waals surface area (Å²) in [4.78, 5) is 20.2. The first-order valence-electron chi connectivity index (χ1n) is 6.00. The molecule has 0 spiro atoms. The minimum Gasteiger partial charge on any atom is -0.293 e. The van der Waals surface area contributed by atoms with Crippen LogP contribution in [0.15, 0.2) is 18.5 Å². The van der Waals surface area contributed by atoms with Crippen molar-refractivity contribution in [2.75, 3.05) is 0 Å². The van der Waals surface area contributed by atoms with Crippen molar-refractivity contribution in [1.82, 2.24) is 9.97 Å². The quantitative estimate of drug-likeness (QED) is 0.787. The van der Waals surface area contributed by atoms with Crippen LogP contribution in [0.5, 0.6) is 0 Å². The number of rotatable bonds is 4. The van der Waals surface area contributed by atoms with Gasteiger partial charge in [0.05, 0.1) is 26.9 Å². The van der Waals surface area contributed by atoms with E-state index in [2.05, 4.69) is 9.97 Å². The molecule has 0 N–H and O–H groups in total. The van der Waals surface area contributed by atoms with E-state index in [-0.39, 0.29) is 17.9 Å². The van der Waals surface area contributed by atoms with Crippen molar-refractivity contribution < 1.29 is 18.0 Å². The van der Waals surface area contributed by atoms with Crippen LogP contribution < -0.4 is 0 Å². The van der Waals surface area contributed by atoms with E-state index in [1.807, 2.05) is 6.92 Å². The third kappa shape index (κ3) is 3.79. The Hall–Kier alpha value is -1.47. The third-order valence-corrected chi connectivity index (χ3v) is 4.17. The van der Waals surface area contributed by atoms with Crippen LogP contribution in [0.2, 0.25) is 5.02 Å². The Morgan fingerprint density at radius 2 is 2.05 bits per heavy atom. The molecular weight excluding hydrogens is 325 g/mol. The maximum Gasteiger partial charge on any atom is 0.417 e. The topological polar surface area (TPSA) is 42.9 Å². The highest BCUT2D eigenvalue weighted by molar-refractivity contribution is 7.13. The predicted molar refractivity (Wildman–Crippen MR) is 73.8 cm³/mol. The third-order valence-electron chi connectivity index (χ3n) is 2.69. The van der Waals surface area contributed by atoms with Crippen molar-refractivity contribution in [3.8, 4) is 0 Å². The van der Waals surface area contributed by atoms with Gasteiger partial charge >= 0.3 is 6.18 Å². The number of alkyl halides is 3. The molecule has 0 saturated heterocycles. The molecule has 2 aromatic rings. The zero-order valence-electron chi connectivity index (χ0n) is 10.9. The number of Topliss-reactive ketones (excluding diaryl/α,β-unsaturated/α-hetero) is 1. The lowest BCUT2D eigenvalue weighted by Gasteiger charge is -2.09. The molecule has 2 heterocycles. The molecule has 0 fully saturated rings. The van der Waals surface area contributed by atoms with Crippen LogP contribution in [-0.4, -0.2) is 15.8 Å². The molecule has 112 valence electrons. The number of hydrogen-bond donors (Lipinski definition) is 0. The highest BCUT2D eigenvalue weighted by Gasteiger charge is 2.33. The van der Waals surface area contributed by atoms with Gasteiger partial charge in [0.2, 0.25) is 0 Å². The molecule has 2 aromatic heterocycles. The van der Waals surface area contributed by atoms with Crippen molar-refractivity contribution in [3.63, 3.8) is 0 Å². The van der Waals surface area contributed by atoms with Gasteiger partial charge in [0.1, 0.15) is 0 Å². The van der Waals surface area contributed by atoms with Gasteiger partial charge in [0.25, 0.3) is 0 Å². The summed E-state index contributed by atoms with van der Waals surface area (Å²) >= 11 is 6.72. The Bertz CT molecular complexity index is 670. The second-order valence-corrected chi connectivity index (χ2v) is 5.75. The molecule has 0 amide bonds. The van der Waals surface area contributed by atoms with E-state index in [1.54, 1.807) is 0 Å². The molecule has 0 aliphatic carbocycles. The molecular formula is C13H10ClF3N2OS. The van der Waals surface area contributed by atoms with Crippen molar-refractivity contribution in [1.29, 1.82) is 0 Å². The lowest BCUT2D eigenvalue weighted by atomic mass is 10.1. The second-order valence-electron chi connectivity index (χ2n) is 4.23. The van der Waals surface area contributed by atoms with E-state index in [1.165, 1.54) is 17.5 Å². The van der Waals surface area contributed by atoms with Crippen LogP contribution in [0, 0.1) is 0 Å². The van der Waals surface area contributed by atoms with Gasteiger partial charge < -0.3 is 0 Å². The summed E-state index contributed by atoms with van der Waals surface area (Å²) in [6.45, 7) is 1.91. The Morgan fingerprint density at radius 1 is 1.33 bits per heavy atom. The smallest absolute Gasteiger partial charge is 0.293 e. The highest BCUT2D eigenvalue weighted by atomic mass is 35.5. The molecule has 0 aliphatic heterocycles. The molecule has 0 atom stereocenters. The van der Waals surface area contributed by atoms with Gasteiger partial charge in [-0.2, -0.15) is 13.2 Å². The fourth-order valence-corrected chi connectivity index (χ4v) is 2.66. The Labute approximate surface area is 127 Å². The van der Waals surface area contributed by atoms with Crippen LogP contribution >= 0.6 is 22.9 Å². The van der Waals surface area contributed by atoms with Gasteiger partial charge in [0.15, 0.2) is 5.78 Å². The maximum absolute atomic E-state index is 12.7. The SMILES string of the molecule is CCc1ncc(C(=O)Cc2cc(C(F)(F)F)c(Cl)cn2)s1. The van der Waals surface area contributed by atoms with Crippen LogP contribution in [0.1, 0.15) is 32.9 Å². The van der Waals surface area contributed by atoms with Crippen LogP contribution in [0.3, 0.4) is 0 Å². The fourth-order valence-electron chi connectivity index (χ4n) is 1.65. The van der Waals surface area contributed by atoms with Crippen LogP contribution in [-0.2, 0) is 19.0 Å². The van der Waals surface area contributed by atoms with Crippen molar-refractivity contribution in [2.45, 2.75) is 25.9 Å². The number of pyridine rings is 1. The molecule has 0 aromatic carbocycles. The lowest BCUT2D eigenvalue weighted by molar-refractivity contribution is -0.137. The van der Waals surface area contributed by atoms with Gasteiger partial charge in [-0.05, 0) is 12.5 Å². The number of halogens is 4. The van der Waals surface area contributed by atoms with Crippen molar-refractivity contribution in [3.05, 3.63) is 44.6 Å². The number of nitrogens with zero attached hydrogens (tertiary/aromatic N) is 2. The summed E-state index contributed by atoms with van der Waals surface area (Å²) in [7, 11) is 0. The number of carbonyl (C=O) groups excluding carboxylic acids is 1. The average molecular weight is 335 g/mol. The first-order chi connectivity index (χ1) is 9.81. The summed E-state index contributed by atoms with van der Waals surface area (Å²) in [5.74, 6) is -0.310. The largest absolute Gasteiger partial charge is 0.417 e. The van der Waals surface area contributed by atoms with Crippen LogP contribution in [0.4, 0.5) is 13.2 Å². The Kier molecular flexibility index (Phi) is 4.63. The maximum atomic E-state index is 12.7. The molecule has 2 rings (SSSR count). The number of aryl methyl sites for hydroxylation is 1. The standard InChI is InChI=1S/C13H10ClF3N2OS/c1-2-12-19-6-11(21-12)10(20)4-7-3-8(13(15,16)17)9(14)5-18-7/h3,5-6H,2,4H2,1H3.